The van der Waals surface area contributed by atoms with Gasteiger partial charge in [-0.25, -0.2) is 0 Å². The van der Waals surface area contributed by atoms with Crippen LogP contribution in [0.4, 0.5) is 0 Å². The molecule has 0 bridgehead atoms. The Morgan fingerprint density at radius 2 is 1.79 bits per heavy atom. The molecule has 1 atom stereocenters. The number of aliphatic carboxylic acids is 1. The van der Waals surface area contributed by atoms with Crippen molar-refractivity contribution < 1.29 is 15.0 Å². The summed E-state index contributed by atoms with van der Waals surface area (Å²) in [5, 5.41) is 19.6. The van der Waals surface area contributed by atoms with Crippen molar-refractivity contribution in [1.29, 1.82) is 0 Å². The predicted octanol–water partition coefficient (Wildman–Crippen LogP) is 2.04. The van der Waals surface area contributed by atoms with Crippen LogP contribution in [0, 0.1) is 11.3 Å². The Morgan fingerprint density at radius 3 is 2.07 bits per heavy atom. The van der Waals surface area contributed by atoms with E-state index < -0.39 is 17.0 Å². The third-order valence-electron chi connectivity index (χ3n) is 4.00. The first kappa shape index (κ1) is 11.5. The number of aliphatic hydroxyl groups is 1. The molecule has 0 aromatic heterocycles. The average Bonchev–Trinajstić information content (AvgIpc) is 2.51. The van der Waals surface area contributed by atoms with E-state index in [1.165, 1.54) is 0 Å². The maximum Gasteiger partial charge on any atom is 0.312 e. The molecule has 3 nitrogen and oxygen atoms in total. The summed E-state index contributed by atoms with van der Waals surface area (Å²) in [5.74, 6) is -0.931. The minimum atomic E-state index is -1.01. The van der Waals surface area contributed by atoms with E-state index in [4.69, 9.17) is 0 Å². The van der Waals surface area contributed by atoms with E-state index in [9.17, 15) is 15.0 Å². The molecule has 2 N–H and O–H groups in total. The Kier molecular flexibility index (Phi) is 2.91. The number of hydrogen-bond acceptors (Lipinski definition) is 2. The molecule has 1 saturated carbocycles. The van der Waals surface area contributed by atoms with Gasteiger partial charge in [-0.3, -0.25) is 4.79 Å². The van der Waals surface area contributed by atoms with Gasteiger partial charge < -0.3 is 10.2 Å². The van der Waals surface area contributed by atoms with Crippen LogP contribution in [0.2, 0.25) is 0 Å². The number of hydrogen-bond donors (Lipinski definition) is 2. The molecule has 3 heteroatoms. The highest BCUT2D eigenvalue weighted by atomic mass is 16.4. The van der Waals surface area contributed by atoms with Crippen molar-refractivity contribution in [3.05, 3.63) is 0 Å². The highest BCUT2D eigenvalue weighted by molar-refractivity contribution is 5.76. The molecule has 0 amide bonds. The summed E-state index contributed by atoms with van der Waals surface area (Å²) in [5.41, 5.74) is -2.02. The first-order chi connectivity index (χ1) is 6.34. The van der Waals surface area contributed by atoms with Crippen molar-refractivity contribution in [3.8, 4) is 0 Å². The van der Waals surface area contributed by atoms with Crippen LogP contribution in [-0.4, -0.2) is 21.8 Å². The molecule has 1 aliphatic carbocycles. The zero-order valence-electron chi connectivity index (χ0n) is 9.21. The smallest absolute Gasteiger partial charge is 0.312 e. The molecule has 0 spiro atoms. The van der Waals surface area contributed by atoms with Gasteiger partial charge in [0.25, 0.3) is 0 Å². The molecule has 0 aliphatic heterocycles. The summed E-state index contributed by atoms with van der Waals surface area (Å²) in [6, 6.07) is 0. The fraction of sp³-hybridized carbons (Fsp3) is 0.909. The molecule has 0 aromatic carbocycles. The van der Waals surface area contributed by atoms with Gasteiger partial charge in [-0.2, -0.15) is 0 Å². The van der Waals surface area contributed by atoms with Gasteiger partial charge in [-0.15, -0.1) is 0 Å². The van der Waals surface area contributed by atoms with E-state index in [1.807, 2.05) is 13.8 Å². The van der Waals surface area contributed by atoms with Crippen LogP contribution in [-0.2, 0) is 4.79 Å². The van der Waals surface area contributed by atoms with E-state index in [-0.39, 0.29) is 5.92 Å². The van der Waals surface area contributed by atoms with Crippen LogP contribution in [0.3, 0.4) is 0 Å². The minimum absolute atomic E-state index is 0.0527. The van der Waals surface area contributed by atoms with Crippen molar-refractivity contribution in [2.24, 2.45) is 11.3 Å². The highest BCUT2D eigenvalue weighted by Crippen LogP contribution is 2.48. The van der Waals surface area contributed by atoms with Crippen LogP contribution in [0.5, 0.6) is 0 Å². The molecule has 0 saturated heterocycles. The average molecular weight is 200 g/mol. The summed E-state index contributed by atoms with van der Waals surface area (Å²) in [6.45, 7) is 5.40. The topological polar surface area (TPSA) is 57.5 Å². The quantitative estimate of drug-likeness (QED) is 0.733. The van der Waals surface area contributed by atoms with E-state index in [2.05, 4.69) is 0 Å². The summed E-state index contributed by atoms with van der Waals surface area (Å²) >= 11 is 0. The maximum atomic E-state index is 11.3. The third-order valence-corrected chi connectivity index (χ3v) is 4.00. The molecule has 1 unspecified atom stereocenters. The second-order valence-electron chi connectivity index (χ2n) is 4.90. The summed E-state index contributed by atoms with van der Waals surface area (Å²) < 4.78 is 0. The van der Waals surface area contributed by atoms with Gasteiger partial charge in [0, 0.05) is 0 Å². The molecule has 1 fully saturated rings. The van der Waals surface area contributed by atoms with Gasteiger partial charge >= 0.3 is 5.97 Å². The predicted molar refractivity (Wildman–Crippen MR) is 54.0 cm³/mol. The molecular weight excluding hydrogens is 180 g/mol. The van der Waals surface area contributed by atoms with Crippen LogP contribution >= 0.6 is 0 Å². The molecule has 0 radical (unpaired) electrons. The van der Waals surface area contributed by atoms with Crippen molar-refractivity contribution >= 4 is 5.97 Å². The number of carbonyl (C=O) groups is 1. The van der Waals surface area contributed by atoms with E-state index in [1.54, 1.807) is 6.92 Å². The third kappa shape index (κ3) is 1.44. The first-order valence-corrected chi connectivity index (χ1v) is 5.30. The second kappa shape index (κ2) is 3.54. The van der Waals surface area contributed by atoms with E-state index in [0.717, 1.165) is 12.8 Å². The Balaban J connectivity index is 3.03. The Hall–Kier alpha value is -0.570. The van der Waals surface area contributed by atoms with Crippen LogP contribution in [0.15, 0.2) is 0 Å². The van der Waals surface area contributed by atoms with Gasteiger partial charge in [-0.05, 0) is 25.7 Å². The van der Waals surface area contributed by atoms with Crippen molar-refractivity contribution in [3.63, 3.8) is 0 Å². The van der Waals surface area contributed by atoms with Gasteiger partial charge in [0.05, 0.1) is 11.0 Å². The van der Waals surface area contributed by atoms with Crippen LogP contribution < -0.4 is 0 Å². The lowest BCUT2D eigenvalue weighted by Gasteiger charge is -2.42. The first-order valence-electron chi connectivity index (χ1n) is 5.30. The fourth-order valence-electron chi connectivity index (χ4n) is 2.46. The van der Waals surface area contributed by atoms with Gasteiger partial charge in [-0.1, -0.05) is 26.7 Å². The Bertz CT molecular complexity index is 229. The number of carboxylic acid groups (broad SMARTS) is 1. The largest absolute Gasteiger partial charge is 0.481 e. The fourth-order valence-corrected chi connectivity index (χ4v) is 2.46. The molecule has 82 valence electrons. The van der Waals surface area contributed by atoms with E-state index >= 15 is 0 Å². The van der Waals surface area contributed by atoms with E-state index in [0.29, 0.717) is 12.8 Å². The molecule has 0 heterocycles. The molecule has 0 aromatic rings. The maximum absolute atomic E-state index is 11.3. The SMILES string of the molecule is CC(C)C(C)(C(=O)O)C1(O)CCCC1. The summed E-state index contributed by atoms with van der Waals surface area (Å²) in [4.78, 5) is 11.3. The van der Waals surface area contributed by atoms with Gasteiger partial charge in [0.2, 0.25) is 0 Å². The summed E-state index contributed by atoms with van der Waals surface area (Å²) in [7, 11) is 0. The normalized spacial score (nSPS) is 24.9. The number of carboxylic acids is 1. The Labute approximate surface area is 85.1 Å². The van der Waals surface area contributed by atoms with Crippen molar-refractivity contribution in [2.75, 3.05) is 0 Å². The lowest BCUT2D eigenvalue weighted by molar-refractivity contribution is -0.173. The molecule has 1 aliphatic rings. The van der Waals surface area contributed by atoms with Gasteiger partial charge in [0.15, 0.2) is 0 Å². The lowest BCUT2D eigenvalue weighted by Crippen LogP contribution is -2.53. The Morgan fingerprint density at radius 1 is 1.36 bits per heavy atom. The highest BCUT2D eigenvalue weighted by Gasteiger charge is 2.55. The lowest BCUT2D eigenvalue weighted by atomic mass is 9.65. The zero-order chi connectivity index (χ0) is 11.0. The van der Waals surface area contributed by atoms with Gasteiger partial charge in [0.1, 0.15) is 0 Å². The van der Waals surface area contributed by atoms with Crippen LogP contribution in [0.25, 0.3) is 0 Å². The van der Waals surface area contributed by atoms with Crippen molar-refractivity contribution in [1.82, 2.24) is 0 Å². The molecule has 14 heavy (non-hydrogen) atoms. The second-order valence-corrected chi connectivity index (χ2v) is 4.90. The monoisotopic (exact) mass is 200 g/mol. The molecular formula is C11H20O3. The zero-order valence-corrected chi connectivity index (χ0v) is 9.21. The summed E-state index contributed by atoms with van der Waals surface area (Å²) in [6.07, 6.45) is 3.11. The minimum Gasteiger partial charge on any atom is -0.481 e. The van der Waals surface area contributed by atoms with Crippen LogP contribution in [0.1, 0.15) is 46.5 Å². The standard InChI is InChI=1S/C11H20O3/c1-8(2)10(3,9(12)13)11(14)6-4-5-7-11/h8,14H,4-7H2,1-3H3,(H,12,13). The molecule has 1 rings (SSSR count). The van der Waals surface area contributed by atoms with Crippen molar-refractivity contribution in [2.45, 2.75) is 52.1 Å². The number of rotatable bonds is 3.